The molecule has 0 saturated heterocycles. The summed E-state index contributed by atoms with van der Waals surface area (Å²) in [6, 6.07) is 12.3. The van der Waals surface area contributed by atoms with Gasteiger partial charge in [-0.25, -0.2) is 4.99 Å². The van der Waals surface area contributed by atoms with Crippen molar-refractivity contribution in [2.24, 2.45) is 4.99 Å². The highest BCUT2D eigenvalue weighted by Crippen LogP contribution is 2.34. The maximum Gasteiger partial charge on any atom is 0.405 e. The normalized spacial score (nSPS) is 16.4. The number of aliphatic imine (C=N–C) groups is 1. The zero-order chi connectivity index (χ0) is 23.6. The summed E-state index contributed by atoms with van der Waals surface area (Å²) in [5.74, 6) is -0.424. The van der Waals surface area contributed by atoms with Gasteiger partial charge in [0.2, 0.25) is 12.7 Å². The van der Waals surface area contributed by atoms with Crippen LogP contribution < -0.4 is 19.7 Å². The van der Waals surface area contributed by atoms with Gasteiger partial charge < -0.3 is 14.8 Å². The average Bonchev–Trinajstić information content (AvgIpc) is 3.35. The van der Waals surface area contributed by atoms with Crippen LogP contribution in [0.1, 0.15) is 11.1 Å². The summed E-state index contributed by atoms with van der Waals surface area (Å²) >= 11 is 0.878. The van der Waals surface area contributed by atoms with Gasteiger partial charge in [-0.05, 0) is 42.8 Å². The number of alkyl halides is 3. The van der Waals surface area contributed by atoms with Gasteiger partial charge in [0.15, 0.2) is 16.7 Å². The van der Waals surface area contributed by atoms with E-state index in [-0.39, 0.29) is 23.4 Å². The SMILES string of the molecule is Cc1ccc(N2C(=O)/C(=C\c3ccc4c(c3)OCO4)N=C2SCC(=O)NCC(F)(F)F)cc1. The molecule has 0 atom stereocenters. The highest BCUT2D eigenvalue weighted by Gasteiger charge is 2.33. The minimum atomic E-state index is -4.50. The number of nitrogens with one attached hydrogen (secondary N) is 1. The van der Waals surface area contributed by atoms with E-state index in [1.807, 2.05) is 24.4 Å². The van der Waals surface area contributed by atoms with Gasteiger partial charge in [-0.15, -0.1) is 0 Å². The number of aryl methyl sites for hydroxylation is 1. The lowest BCUT2D eigenvalue weighted by Gasteiger charge is -2.18. The number of rotatable bonds is 5. The number of carbonyl (C=O) groups excluding carboxylic acids is 2. The van der Waals surface area contributed by atoms with Crippen LogP contribution in [0.25, 0.3) is 6.08 Å². The van der Waals surface area contributed by atoms with Crippen molar-refractivity contribution in [2.75, 3.05) is 24.0 Å². The molecule has 0 saturated carbocycles. The summed E-state index contributed by atoms with van der Waals surface area (Å²) in [4.78, 5) is 30.7. The van der Waals surface area contributed by atoms with Crippen molar-refractivity contribution in [2.45, 2.75) is 13.1 Å². The Balaban J connectivity index is 1.57. The molecule has 0 radical (unpaired) electrons. The van der Waals surface area contributed by atoms with Gasteiger partial charge in [-0.2, -0.15) is 13.2 Å². The van der Waals surface area contributed by atoms with Crippen molar-refractivity contribution in [3.05, 3.63) is 59.3 Å². The second-order valence-electron chi connectivity index (χ2n) is 7.19. The second-order valence-corrected chi connectivity index (χ2v) is 8.14. The number of benzene rings is 2. The molecule has 0 fully saturated rings. The molecule has 4 rings (SSSR count). The van der Waals surface area contributed by atoms with Crippen molar-refractivity contribution in [1.29, 1.82) is 0 Å². The fourth-order valence-corrected chi connectivity index (χ4v) is 3.90. The van der Waals surface area contributed by atoms with Crippen LogP contribution in [-0.4, -0.2) is 42.2 Å². The maximum atomic E-state index is 13.2. The first-order valence-electron chi connectivity index (χ1n) is 9.77. The number of fused-ring (bicyclic) bond motifs is 1. The van der Waals surface area contributed by atoms with Crippen molar-refractivity contribution < 1.29 is 32.2 Å². The smallest absolute Gasteiger partial charge is 0.405 e. The predicted octanol–water partition coefficient (Wildman–Crippen LogP) is 3.88. The average molecular weight is 477 g/mol. The van der Waals surface area contributed by atoms with Gasteiger partial charge in [0.25, 0.3) is 5.91 Å². The van der Waals surface area contributed by atoms with Crippen LogP contribution in [0.15, 0.2) is 53.2 Å². The fourth-order valence-electron chi connectivity index (χ4n) is 3.06. The predicted molar refractivity (Wildman–Crippen MR) is 118 cm³/mol. The Morgan fingerprint density at radius 2 is 1.91 bits per heavy atom. The molecule has 2 aliphatic heterocycles. The van der Waals surface area contributed by atoms with Gasteiger partial charge >= 0.3 is 6.18 Å². The zero-order valence-electron chi connectivity index (χ0n) is 17.3. The molecule has 0 spiro atoms. The number of hydrogen-bond acceptors (Lipinski definition) is 6. The Kier molecular flexibility index (Phi) is 6.32. The van der Waals surface area contributed by atoms with Crippen molar-refractivity contribution in [3.8, 4) is 11.5 Å². The van der Waals surface area contributed by atoms with Crippen molar-refractivity contribution >= 4 is 40.5 Å². The number of hydrogen-bond donors (Lipinski definition) is 1. The third kappa shape index (κ3) is 5.48. The Morgan fingerprint density at radius 3 is 2.64 bits per heavy atom. The van der Waals surface area contributed by atoms with E-state index < -0.39 is 24.5 Å². The monoisotopic (exact) mass is 477 g/mol. The molecule has 11 heteroatoms. The van der Waals surface area contributed by atoms with E-state index in [0.29, 0.717) is 22.7 Å². The Hall–Kier alpha value is -3.47. The van der Waals surface area contributed by atoms with Crippen LogP contribution in [0.3, 0.4) is 0 Å². The van der Waals surface area contributed by atoms with E-state index >= 15 is 0 Å². The molecule has 0 aromatic heterocycles. The van der Waals surface area contributed by atoms with E-state index in [1.165, 1.54) is 4.90 Å². The summed E-state index contributed by atoms with van der Waals surface area (Å²) in [7, 11) is 0. The van der Waals surface area contributed by atoms with Crippen LogP contribution in [0.4, 0.5) is 18.9 Å². The van der Waals surface area contributed by atoms with Crippen molar-refractivity contribution in [3.63, 3.8) is 0 Å². The summed E-state index contributed by atoms with van der Waals surface area (Å²) in [6.45, 7) is 0.592. The number of anilines is 1. The van der Waals surface area contributed by atoms with Gasteiger partial charge in [-0.3, -0.25) is 14.5 Å². The molecule has 33 heavy (non-hydrogen) atoms. The molecule has 2 amide bonds. The molecular weight excluding hydrogens is 459 g/mol. The minimum absolute atomic E-state index is 0.116. The fraction of sp³-hybridized carbons (Fsp3) is 0.227. The van der Waals surface area contributed by atoms with E-state index in [9.17, 15) is 22.8 Å². The summed E-state index contributed by atoms with van der Waals surface area (Å²) < 4.78 is 47.7. The van der Waals surface area contributed by atoms with Crippen LogP contribution in [-0.2, 0) is 9.59 Å². The number of amides is 2. The largest absolute Gasteiger partial charge is 0.454 e. The lowest BCUT2D eigenvalue weighted by Crippen LogP contribution is -2.36. The number of nitrogens with zero attached hydrogens (tertiary/aromatic N) is 2. The van der Waals surface area contributed by atoms with Gasteiger partial charge in [0.1, 0.15) is 12.2 Å². The molecule has 2 aromatic rings. The minimum Gasteiger partial charge on any atom is -0.454 e. The second kappa shape index (κ2) is 9.18. The standard InChI is InChI=1S/C22H18F3N3O4S/c1-13-2-5-15(6-3-13)28-20(30)16(8-14-4-7-17-18(9-14)32-12-31-17)27-21(28)33-10-19(29)26-11-22(23,24)25/h2-9H,10-12H2,1H3,(H,26,29)/b16-8+. The zero-order valence-corrected chi connectivity index (χ0v) is 18.1. The first-order valence-corrected chi connectivity index (χ1v) is 10.8. The summed E-state index contributed by atoms with van der Waals surface area (Å²) in [6.07, 6.45) is -2.93. The molecular formula is C22H18F3N3O4S. The highest BCUT2D eigenvalue weighted by molar-refractivity contribution is 8.14. The number of ether oxygens (including phenoxy) is 2. The van der Waals surface area contributed by atoms with Crippen LogP contribution >= 0.6 is 11.8 Å². The Bertz CT molecular complexity index is 1150. The number of carbonyl (C=O) groups is 2. The number of amidine groups is 1. The third-order valence-electron chi connectivity index (χ3n) is 4.64. The van der Waals surface area contributed by atoms with Crippen LogP contribution in [0.5, 0.6) is 11.5 Å². The molecule has 2 aliphatic rings. The van der Waals surface area contributed by atoms with E-state index in [2.05, 4.69) is 4.99 Å². The lowest BCUT2D eigenvalue weighted by atomic mass is 10.1. The number of halogens is 3. The molecule has 1 N–H and O–H groups in total. The van der Waals surface area contributed by atoms with Gasteiger partial charge in [0.05, 0.1) is 11.4 Å². The third-order valence-corrected chi connectivity index (χ3v) is 5.58. The van der Waals surface area contributed by atoms with E-state index in [1.54, 1.807) is 36.4 Å². The molecule has 0 unspecified atom stereocenters. The topological polar surface area (TPSA) is 80.2 Å². The first kappa shape index (κ1) is 22.7. The summed E-state index contributed by atoms with van der Waals surface area (Å²) in [5, 5.41) is 2.00. The highest BCUT2D eigenvalue weighted by atomic mass is 32.2. The van der Waals surface area contributed by atoms with E-state index in [4.69, 9.17) is 9.47 Å². The molecule has 172 valence electrons. The van der Waals surface area contributed by atoms with Crippen LogP contribution in [0, 0.1) is 6.92 Å². The van der Waals surface area contributed by atoms with Crippen LogP contribution in [0.2, 0.25) is 0 Å². The molecule has 0 aliphatic carbocycles. The Morgan fingerprint density at radius 1 is 1.18 bits per heavy atom. The Labute approximate surface area is 191 Å². The maximum absolute atomic E-state index is 13.2. The molecule has 2 aromatic carbocycles. The molecule has 0 bridgehead atoms. The quantitative estimate of drug-likeness (QED) is 0.662. The molecule has 7 nitrogen and oxygen atoms in total. The lowest BCUT2D eigenvalue weighted by molar-refractivity contribution is -0.136. The van der Waals surface area contributed by atoms with Crippen molar-refractivity contribution in [1.82, 2.24) is 5.32 Å². The van der Waals surface area contributed by atoms with Gasteiger partial charge in [-0.1, -0.05) is 35.5 Å². The van der Waals surface area contributed by atoms with Gasteiger partial charge in [0, 0.05) is 0 Å². The number of thioether (sulfide) groups is 1. The van der Waals surface area contributed by atoms with E-state index in [0.717, 1.165) is 17.3 Å². The molecule has 2 heterocycles. The first-order chi connectivity index (χ1) is 15.7. The summed E-state index contributed by atoms with van der Waals surface area (Å²) in [5.41, 5.74) is 2.29.